The number of aromatic nitrogens is 4. The van der Waals surface area contributed by atoms with Gasteiger partial charge in [0.25, 0.3) is 5.91 Å². The molecule has 1 fully saturated rings. The van der Waals surface area contributed by atoms with Crippen molar-refractivity contribution in [2.75, 3.05) is 6.54 Å². The van der Waals surface area contributed by atoms with Crippen LogP contribution < -0.4 is 0 Å². The summed E-state index contributed by atoms with van der Waals surface area (Å²) < 4.78 is 2.25. The Morgan fingerprint density at radius 1 is 1.11 bits per heavy atom. The zero-order valence-electron chi connectivity index (χ0n) is 16.2. The Balaban J connectivity index is 1.51. The number of aryl methyl sites for hydroxylation is 1. The van der Waals surface area contributed by atoms with Crippen LogP contribution in [0.3, 0.4) is 0 Å². The lowest BCUT2D eigenvalue weighted by atomic mass is 9.98. The van der Waals surface area contributed by atoms with Gasteiger partial charge in [-0.3, -0.25) is 9.78 Å². The second-order valence-corrected chi connectivity index (χ2v) is 7.84. The molecule has 0 radical (unpaired) electrons. The highest BCUT2D eigenvalue weighted by Gasteiger charge is 2.36. The summed E-state index contributed by atoms with van der Waals surface area (Å²) in [6.45, 7) is 5.20. The van der Waals surface area contributed by atoms with Crippen molar-refractivity contribution in [3.63, 3.8) is 0 Å². The molecular weight excluding hydrogens is 350 g/mol. The Morgan fingerprint density at radius 2 is 1.89 bits per heavy atom. The van der Waals surface area contributed by atoms with Crippen LogP contribution in [0.5, 0.6) is 0 Å². The van der Waals surface area contributed by atoms with E-state index in [1.54, 1.807) is 6.20 Å². The van der Waals surface area contributed by atoms with Gasteiger partial charge in [0.05, 0.1) is 23.8 Å². The minimum absolute atomic E-state index is 0.0125. The van der Waals surface area contributed by atoms with E-state index in [4.69, 9.17) is 0 Å². The molecule has 3 aromatic rings. The van der Waals surface area contributed by atoms with Gasteiger partial charge < -0.3 is 9.47 Å². The Bertz CT molecular complexity index is 1040. The summed E-state index contributed by atoms with van der Waals surface area (Å²) in [5.41, 5.74) is 3.39. The Labute approximate surface area is 164 Å². The number of carbonyl (C=O) groups is 1. The van der Waals surface area contributed by atoms with Crippen LogP contribution in [0.4, 0.5) is 0 Å². The molecule has 1 aliphatic carbocycles. The number of hydrogen-bond acceptors (Lipinski definition) is 4. The smallest absolute Gasteiger partial charge is 0.256 e. The SMILES string of the molecule is Cc1nccc(-c2ccccc2)c1C(=O)N1Cc2nnc(C3CC3)n2[C@@H](C)C1. The van der Waals surface area contributed by atoms with Crippen molar-refractivity contribution in [3.8, 4) is 11.1 Å². The standard InChI is InChI=1S/C22H23N5O/c1-14-12-26(13-19-24-25-21(27(14)19)17-8-9-17)22(28)20-15(2)23-11-10-18(20)16-6-4-3-5-7-16/h3-7,10-11,14,17H,8-9,12-13H2,1-2H3/t14-/m0/s1. The van der Waals surface area contributed by atoms with Crippen LogP contribution in [0.1, 0.15) is 59.4 Å². The molecule has 28 heavy (non-hydrogen) atoms. The molecule has 5 rings (SSSR count). The van der Waals surface area contributed by atoms with E-state index in [2.05, 4.69) is 26.7 Å². The molecule has 0 saturated heterocycles. The third-order valence-corrected chi connectivity index (χ3v) is 5.72. The fourth-order valence-corrected chi connectivity index (χ4v) is 4.19. The van der Waals surface area contributed by atoms with Gasteiger partial charge in [-0.15, -0.1) is 10.2 Å². The Kier molecular flexibility index (Phi) is 4.00. The highest BCUT2D eigenvalue weighted by molar-refractivity contribution is 6.01. The van der Waals surface area contributed by atoms with Crippen molar-refractivity contribution in [1.82, 2.24) is 24.6 Å². The maximum atomic E-state index is 13.6. The maximum absolute atomic E-state index is 13.6. The second-order valence-electron chi connectivity index (χ2n) is 7.84. The fourth-order valence-electron chi connectivity index (χ4n) is 4.19. The average molecular weight is 373 g/mol. The third-order valence-electron chi connectivity index (χ3n) is 5.72. The van der Waals surface area contributed by atoms with E-state index in [-0.39, 0.29) is 11.9 Å². The van der Waals surface area contributed by atoms with E-state index in [0.717, 1.165) is 28.5 Å². The molecule has 142 valence electrons. The number of hydrogen-bond donors (Lipinski definition) is 0. The lowest BCUT2D eigenvalue weighted by Gasteiger charge is -2.33. The lowest BCUT2D eigenvalue weighted by Crippen LogP contribution is -2.41. The van der Waals surface area contributed by atoms with Gasteiger partial charge in [-0.25, -0.2) is 0 Å². The molecule has 0 spiro atoms. The predicted octanol–water partition coefficient (Wildman–Crippen LogP) is 3.74. The monoisotopic (exact) mass is 373 g/mol. The van der Waals surface area contributed by atoms with Gasteiger partial charge in [0.2, 0.25) is 0 Å². The van der Waals surface area contributed by atoms with Gasteiger partial charge in [0.15, 0.2) is 5.82 Å². The van der Waals surface area contributed by atoms with Gasteiger partial charge in [0.1, 0.15) is 5.82 Å². The minimum Gasteiger partial charge on any atom is -0.329 e. The van der Waals surface area contributed by atoms with Crippen LogP contribution in [-0.2, 0) is 6.54 Å². The molecule has 6 nitrogen and oxygen atoms in total. The molecule has 0 unspecified atom stereocenters. The van der Waals surface area contributed by atoms with Crippen molar-refractivity contribution < 1.29 is 4.79 Å². The highest BCUT2D eigenvalue weighted by atomic mass is 16.2. The first-order valence-electron chi connectivity index (χ1n) is 9.87. The van der Waals surface area contributed by atoms with Crippen LogP contribution in [0.2, 0.25) is 0 Å². The first-order chi connectivity index (χ1) is 13.6. The van der Waals surface area contributed by atoms with E-state index in [0.29, 0.717) is 24.6 Å². The number of carbonyl (C=O) groups excluding carboxylic acids is 1. The Morgan fingerprint density at radius 3 is 2.64 bits per heavy atom. The molecule has 1 saturated carbocycles. The molecule has 2 aromatic heterocycles. The van der Waals surface area contributed by atoms with E-state index >= 15 is 0 Å². The van der Waals surface area contributed by atoms with Crippen molar-refractivity contribution in [2.45, 2.75) is 45.2 Å². The summed E-state index contributed by atoms with van der Waals surface area (Å²) >= 11 is 0. The van der Waals surface area contributed by atoms with Gasteiger partial charge >= 0.3 is 0 Å². The maximum Gasteiger partial charge on any atom is 0.256 e. The zero-order valence-corrected chi connectivity index (χ0v) is 16.2. The number of pyridine rings is 1. The molecule has 0 bridgehead atoms. The van der Waals surface area contributed by atoms with Crippen molar-refractivity contribution in [1.29, 1.82) is 0 Å². The van der Waals surface area contributed by atoms with Crippen molar-refractivity contribution in [3.05, 3.63) is 65.5 Å². The average Bonchev–Trinajstić information content (AvgIpc) is 3.47. The molecule has 6 heteroatoms. The van der Waals surface area contributed by atoms with Gasteiger partial charge in [0, 0.05) is 18.7 Å². The molecule has 2 aliphatic rings. The summed E-state index contributed by atoms with van der Waals surface area (Å²) in [4.78, 5) is 19.8. The number of benzene rings is 1. The van der Waals surface area contributed by atoms with Crippen LogP contribution in [-0.4, -0.2) is 37.1 Å². The summed E-state index contributed by atoms with van der Waals surface area (Å²) in [6.07, 6.45) is 4.16. The fraction of sp³-hybridized carbons (Fsp3) is 0.364. The predicted molar refractivity (Wildman–Crippen MR) is 106 cm³/mol. The number of rotatable bonds is 3. The van der Waals surface area contributed by atoms with E-state index in [1.165, 1.54) is 12.8 Å². The Hall–Kier alpha value is -3.02. The van der Waals surface area contributed by atoms with Crippen LogP contribution >= 0.6 is 0 Å². The van der Waals surface area contributed by atoms with E-state index < -0.39 is 0 Å². The molecule has 1 aromatic carbocycles. The highest BCUT2D eigenvalue weighted by Crippen LogP contribution is 2.41. The summed E-state index contributed by atoms with van der Waals surface area (Å²) in [7, 11) is 0. The van der Waals surface area contributed by atoms with Crippen molar-refractivity contribution >= 4 is 5.91 Å². The number of fused-ring (bicyclic) bond motifs is 1. The first-order valence-corrected chi connectivity index (χ1v) is 9.87. The minimum atomic E-state index is 0.0125. The van der Waals surface area contributed by atoms with Crippen LogP contribution in [0.15, 0.2) is 42.6 Å². The molecule has 1 aliphatic heterocycles. The topological polar surface area (TPSA) is 63.9 Å². The molecule has 1 amide bonds. The molecule has 3 heterocycles. The molecular formula is C22H23N5O. The zero-order chi connectivity index (χ0) is 19.3. The van der Waals surface area contributed by atoms with E-state index in [1.807, 2.05) is 48.2 Å². The third kappa shape index (κ3) is 2.80. The normalized spacial score (nSPS) is 18.8. The summed E-state index contributed by atoms with van der Waals surface area (Å²) in [5, 5.41) is 8.82. The van der Waals surface area contributed by atoms with Crippen LogP contribution in [0, 0.1) is 6.92 Å². The number of nitrogens with zero attached hydrogens (tertiary/aromatic N) is 5. The number of amides is 1. The first kappa shape index (κ1) is 17.1. The quantitative estimate of drug-likeness (QED) is 0.701. The lowest BCUT2D eigenvalue weighted by molar-refractivity contribution is 0.0679. The van der Waals surface area contributed by atoms with Crippen molar-refractivity contribution in [2.24, 2.45) is 0 Å². The largest absolute Gasteiger partial charge is 0.329 e. The summed E-state index contributed by atoms with van der Waals surface area (Å²) in [5.74, 6) is 2.55. The molecule has 0 N–H and O–H groups in total. The van der Waals surface area contributed by atoms with E-state index in [9.17, 15) is 4.79 Å². The van der Waals surface area contributed by atoms with Gasteiger partial charge in [-0.05, 0) is 43.9 Å². The van der Waals surface area contributed by atoms with Gasteiger partial charge in [-0.1, -0.05) is 30.3 Å². The summed E-state index contributed by atoms with van der Waals surface area (Å²) in [6, 6.07) is 12.1. The second kappa shape index (κ2) is 6.55. The van der Waals surface area contributed by atoms with Crippen LogP contribution in [0.25, 0.3) is 11.1 Å². The molecule has 1 atom stereocenters. The van der Waals surface area contributed by atoms with Gasteiger partial charge in [-0.2, -0.15) is 0 Å².